The van der Waals surface area contributed by atoms with Crippen molar-refractivity contribution < 1.29 is 5.11 Å². The zero-order valence-electron chi connectivity index (χ0n) is 10.2. The standard InChI is InChI=1S/C11H18N4O2S/c16-9-13-14-10(15(9)8-1-2-8)18-7-11(17)3-5-12-6-4-11/h8,12,17H,1-7H2,(H,13,16). The Bertz CT molecular complexity index is 474. The summed E-state index contributed by atoms with van der Waals surface area (Å²) in [7, 11) is 0. The molecule has 1 saturated heterocycles. The molecule has 1 saturated carbocycles. The topological polar surface area (TPSA) is 82.9 Å². The van der Waals surface area contributed by atoms with Crippen LogP contribution < -0.4 is 11.0 Å². The minimum atomic E-state index is -0.626. The van der Waals surface area contributed by atoms with Gasteiger partial charge in [0.25, 0.3) is 0 Å². The normalized spacial score (nSPS) is 23.2. The molecule has 6 nitrogen and oxygen atoms in total. The van der Waals surface area contributed by atoms with Crippen molar-refractivity contribution in [3.63, 3.8) is 0 Å². The number of hydrogen-bond acceptors (Lipinski definition) is 5. The molecule has 2 fully saturated rings. The number of thioether (sulfide) groups is 1. The Morgan fingerprint density at radius 3 is 2.83 bits per heavy atom. The molecule has 0 atom stereocenters. The average molecular weight is 270 g/mol. The third kappa shape index (κ3) is 2.48. The van der Waals surface area contributed by atoms with E-state index in [2.05, 4.69) is 15.5 Å². The van der Waals surface area contributed by atoms with E-state index in [4.69, 9.17) is 0 Å². The van der Waals surface area contributed by atoms with Gasteiger partial charge >= 0.3 is 5.69 Å². The molecule has 0 aromatic carbocycles. The minimum Gasteiger partial charge on any atom is -0.389 e. The van der Waals surface area contributed by atoms with Gasteiger partial charge in [-0.15, -0.1) is 5.10 Å². The first-order chi connectivity index (χ1) is 8.68. The molecular formula is C11H18N4O2S. The molecule has 0 bridgehead atoms. The third-order valence-electron chi connectivity index (χ3n) is 3.59. The predicted molar refractivity (Wildman–Crippen MR) is 68.9 cm³/mol. The Morgan fingerprint density at radius 1 is 1.44 bits per heavy atom. The number of aliphatic hydroxyl groups is 1. The molecule has 18 heavy (non-hydrogen) atoms. The van der Waals surface area contributed by atoms with Gasteiger partial charge in [0.15, 0.2) is 5.16 Å². The molecule has 2 aliphatic rings. The Labute approximate surface area is 109 Å². The molecule has 1 aromatic rings. The van der Waals surface area contributed by atoms with Crippen LogP contribution in [0.2, 0.25) is 0 Å². The van der Waals surface area contributed by atoms with Crippen molar-refractivity contribution >= 4 is 11.8 Å². The van der Waals surface area contributed by atoms with E-state index in [9.17, 15) is 9.90 Å². The fourth-order valence-corrected chi connectivity index (χ4v) is 3.45. The van der Waals surface area contributed by atoms with Crippen LogP contribution >= 0.6 is 11.8 Å². The van der Waals surface area contributed by atoms with Gasteiger partial charge < -0.3 is 10.4 Å². The predicted octanol–water partition coefficient (Wildman–Crippen LogP) is 0.113. The summed E-state index contributed by atoms with van der Waals surface area (Å²) in [5.74, 6) is 0.603. The summed E-state index contributed by atoms with van der Waals surface area (Å²) in [6.07, 6.45) is 3.64. The molecule has 1 aliphatic heterocycles. The van der Waals surface area contributed by atoms with E-state index in [1.807, 2.05) is 0 Å². The second-order valence-electron chi connectivity index (χ2n) is 5.18. The van der Waals surface area contributed by atoms with Crippen molar-refractivity contribution in [2.45, 2.75) is 42.5 Å². The van der Waals surface area contributed by atoms with E-state index in [1.54, 1.807) is 4.57 Å². The molecule has 2 heterocycles. The van der Waals surface area contributed by atoms with Gasteiger partial charge in [-0.1, -0.05) is 11.8 Å². The molecule has 0 radical (unpaired) electrons. The van der Waals surface area contributed by atoms with Gasteiger partial charge in [-0.05, 0) is 38.8 Å². The van der Waals surface area contributed by atoms with Gasteiger partial charge in [0, 0.05) is 11.8 Å². The van der Waals surface area contributed by atoms with Gasteiger partial charge in [0.05, 0.1) is 5.60 Å². The van der Waals surface area contributed by atoms with Crippen LogP contribution in [0.25, 0.3) is 0 Å². The van der Waals surface area contributed by atoms with E-state index < -0.39 is 5.60 Å². The van der Waals surface area contributed by atoms with Crippen LogP contribution in [-0.4, -0.2) is 44.3 Å². The number of piperidine rings is 1. The lowest BCUT2D eigenvalue weighted by Crippen LogP contribution is -2.43. The largest absolute Gasteiger partial charge is 0.389 e. The molecule has 1 aliphatic carbocycles. The van der Waals surface area contributed by atoms with Crippen LogP contribution in [0.3, 0.4) is 0 Å². The van der Waals surface area contributed by atoms with Crippen LogP contribution in [0.4, 0.5) is 0 Å². The zero-order valence-corrected chi connectivity index (χ0v) is 11.0. The Balaban J connectivity index is 1.67. The van der Waals surface area contributed by atoms with Crippen molar-refractivity contribution in [2.24, 2.45) is 0 Å². The number of rotatable bonds is 4. The molecule has 0 unspecified atom stereocenters. The quantitative estimate of drug-likeness (QED) is 0.677. The average Bonchev–Trinajstić information content (AvgIpc) is 3.12. The van der Waals surface area contributed by atoms with Gasteiger partial charge in [0.2, 0.25) is 0 Å². The maximum absolute atomic E-state index is 11.6. The SMILES string of the molecule is O=c1[nH]nc(SCC2(O)CCNCC2)n1C1CC1. The number of H-pyrrole nitrogens is 1. The van der Waals surface area contributed by atoms with E-state index in [0.717, 1.165) is 43.9 Å². The highest BCUT2D eigenvalue weighted by molar-refractivity contribution is 7.99. The molecule has 3 N–H and O–H groups in total. The molecule has 0 amide bonds. The van der Waals surface area contributed by atoms with Gasteiger partial charge in [-0.2, -0.15) is 0 Å². The fraction of sp³-hybridized carbons (Fsp3) is 0.818. The van der Waals surface area contributed by atoms with Gasteiger partial charge in [-0.3, -0.25) is 4.57 Å². The maximum Gasteiger partial charge on any atom is 0.344 e. The highest BCUT2D eigenvalue weighted by Crippen LogP contribution is 2.37. The smallest absolute Gasteiger partial charge is 0.344 e. The third-order valence-corrected chi connectivity index (χ3v) is 4.82. The Kier molecular flexibility index (Phi) is 3.21. The first-order valence-electron chi connectivity index (χ1n) is 6.41. The summed E-state index contributed by atoms with van der Waals surface area (Å²) in [6, 6.07) is 0.321. The zero-order chi connectivity index (χ0) is 12.6. The Hall–Kier alpha value is -0.790. The maximum atomic E-state index is 11.6. The first kappa shape index (κ1) is 12.3. The van der Waals surface area contributed by atoms with Crippen LogP contribution in [0.15, 0.2) is 9.95 Å². The van der Waals surface area contributed by atoms with Gasteiger partial charge in [0.1, 0.15) is 0 Å². The first-order valence-corrected chi connectivity index (χ1v) is 7.39. The lowest BCUT2D eigenvalue weighted by Gasteiger charge is -2.31. The van der Waals surface area contributed by atoms with E-state index in [-0.39, 0.29) is 5.69 Å². The fourth-order valence-electron chi connectivity index (χ4n) is 2.28. The van der Waals surface area contributed by atoms with E-state index in [0.29, 0.717) is 11.8 Å². The molecular weight excluding hydrogens is 252 g/mol. The van der Waals surface area contributed by atoms with Crippen LogP contribution in [0.5, 0.6) is 0 Å². The molecule has 0 spiro atoms. The minimum absolute atomic E-state index is 0.127. The molecule has 100 valence electrons. The van der Waals surface area contributed by atoms with E-state index >= 15 is 0 Å². The molecule has 7 heteroatoms. The summed E-state index contributed by atoms with van der Waals surface area (Å²) in [5.41, 5.74) is -0.753. The molecule has 3 rings (SSSR count). The van der Waals surface area contributed by atoms with Crippen molar-refractivity contribution in [3.05, 3.63) is 10.5 Å². The highest BCUT2D eigenvalue weighted by Gasteiger charge is 2.32. The van der Waals surface area contributed by atoms with Crippen LogP contribution in [0, 0.1) is 0 Å². The van der Waals surface area contributed by atoms with Crippen molar-refractivity contribution in [1.82, 2.24) is 20.1 Å². The summed E-state index contributed by atoms with van der Waals surface area (Å²) in [6.45, 7) is 1.71. The molecule has 1 aromatic heterocycles. The number of aromatic amines is 1. The number of nitrogens with one attached hydrogen (secondary N) is 2. The van der Waals surface area contributed by atoms with Crippen LogP contribution in [-0.2, 0) is 0 Å². The number of aromatic nitrogens is 3. The lowest BCUT2D eigenvalue weighted by atomic mass is 9.95. The van der Waals surface area contributed by atoms with Crippen molar-refractivity contribution in [1.29, 1.82) is 0 Å². The van der Waals surface area contributed by atoms with Crippen LogP contribution in [0.1, 0.15) is 31.7 Å². The summed E-state index contributed by atoms with van der Waals surface area (Å²) in [4.78, 5) is 11.6. The number of nitrogens with zero attached hydrogens (tertiary/aromatic N) is 2. The second-order valence-corrected chi connectivity index (χ2v) is 6.12. The van der Waals surface area contributed by atoms with Crippen molar-refractivity contribution in [3.8, 4) is 0 Å². The number of hydrogen-bond donors (Lipinski definition) is 3. The second kappa shape index (κ2) is 4.71. The van der Waals surface area contributed by atoms with Gasteiger partial charge in [-0.25, -0.2) is 9.89 Å². The van der Waals surface area contributed by atoms with E-state index in [1.165, 1.54) is 11.8 Å². The highest BCUT2D eigenvalue weighted by atomic mass is 32.2. The summed E-state index contributed by atoms with van der Waals surface area (Å²) in [5, 5.41) is 20.9. The monoisotopic (exact) mass is 270 g/mol. The Morgan fingerprint density at radius 2 is 2.17 bits per heavy atom. The lowest BCUT2D eigenvalue weighted by molar-refractivity contribution is 0.0338. The summed E-state index contributed by atoms with van der Waals surface area (Å²) < 4.78 is 1.73. The summed E-state index contributed by atoms with van der Waals surface area (Å²) >= 11 is 1.48. The van der Waals surface area contributed by atoms with Crippen molar-refractivity contribution in [2.75, 3.05) is 18.8 Å².